The first-order valence-corrected chi connectivity index (χ1v) is 5.30. The summed E-state index contributed by atoms with van der Waals surface area (Å²) in [6, 6.07) is 5.12. The molecule has 0 bridgehead atoms. The van der Waals surface area contributed by atoms with Gasteiger partial charge in [0.15, 0.2) is 0 Å². The number of rotatable bonds is 2. The lowest BCUT2D eigenvalue weighted by Crippen LogP contribution is -2.32. The van der Waals surface area contributed by atoms with Crippen LogP contribution in [0.1, 0.15) is 33.2 Å². The topological polar surface area (TPSA) is 55.4 Å². The number of esters is 1. The second-order valence-corrected chi connectivity index (χ2v) is 3.60. The second-order valence-electron chi connectivity index (χ2n) is 3.60. The van der Waals surface area contributed by atoms with Gasteiger partial charge in [0.1, 0.15) is 0 Å². The highest BCUT2D eigenvalue weighted by molar-refractivity contribution is 5.99. The summed E-state index contributed by atoms with van der Waals surface area (Å²) in [6.45, 7) is 2.75. The van der Waals surface area contributed by atoms with Gasteiger partial charge in [-0.3, -0.25) is 4.79 Å². The Labute approximate surface area is 93.6 Å². The molecule has 1 N–H and O–H groups in total. The van der Waals surface area contributed by atoms with E-state index >= 15 is 0 Å². The third-order valence-electron chi connectivity index (χ3n) is 2.55. The fourth-order valence-electron chi connectivity index (χ4n) is 1.75. The van der Waals surface area contributed by atoms with Gasteiger partial charge >= 0.3 is 5.97 Å². The van der Waals surface area contributed by atoms with Gasteiger partial charge in [0.2, 0.25) is 0 Å². The molecule has 0 fully saturated rings. The van der Waals surface area contributed by atoms with Gasteiger partial charge in [0.05, 0.1) is 12.2 Å². The van der Waals surface area contributed by atoms with E-state index in [1.165, 1.54) is 0 Å². The van der Waals surface area contributed by atoms with Gasteiger partial charge in [0.25, 0.3) is 5.91 Å². The lowest BCUT2D eigenvalue weighted by atomic mass is 9.98. The Morgan fingerprint density at radius 3 is 3.06 bits per heavy atom. The van der Waals surface area contributed by atoms with Gasteiger partial charge in [0, 0.05) is 12.1 Å². The molecule has 4 nitrogen and oxygen atoms in total. The van der Waals surface area contributed by atoms with Crippen LogP contribution >= 0.6 is 0 Å². The first-order chi connectivity index (χ1) is 7.72. The molecule has 0 aromatic heterocycles. The number of hydrogen-bond donors (Lipinski definition) is 1. The summed E-state index contributed by atoms with van der Waals surface area (Å²) in [7, 11) is 0. The maximum absolute atomic E-state index is 11.6. The number of fused-ring (bicyclic) bond motifs is 1. The minimum absolute atomic E-state index is 0.118. The average molecular weight is 219 g/mol. The van der Waals surface area contributed by atoms with Gasteiger partial charge in [-0.1, -0.05) is 6.07 Å². The Hall–Kier alpha value is -1.84. The van der Waals surface area contributed by atoms with E-state index in [2.05, 4.69) is 5.32 Å². The molecule has 16 heavy (non-hydrogen) atoms. The Balaban J connectivity index is 2.34. The zero-order valence-corrected chi connectivity index (χ0v) is 9.08. The smallest absolute Gasteiger partial charge is 0.338 e. The number of amides is 1. The molecule has 0 saturated heterocycles. The average Bonchev–Trinajstić information content (AvgIpc) is 2.29. The van der Waals surface area contributed by atoms with Gasteiger partial charge in [-0.15, -0.1) is 0 Å². The Kier molecular flexibility index (Phi) is 2.90. The minimum atomic E-state index is -0.385. The largest absolute Gasteiger partial charge is 0.462 e. The molecule has 0 spiro atoms. The van der Waals surface area contributed by atoms with Crippen molar-refractivity contribution in [2.24, 2.45) is 0 Å². The summed E-state index contributed by atoms with van der Waals surface area (Å²) >= 11 is 0. The molecule has 1 aromatic carbocycles. The van der Waals surface area contributed by atoms with Crippen molar-refractivity contribution in [3.63, 3.8) is 0 Å². The maximum Gasteiger partial charge on any atom is 0.338 e. The molecule has 84 valence electrons. The van der Waals surface area contributed by atoms with Crippen molar-refractivity contribution in [3.05, 3.63) is 34.9 Å². The van der Waals surface area contributed by atoms with Crippen molar-refractivity contribution in [3.8, 4) is 0 Å². The molecule has 0 saturated carbocycles. The molecule has 2 rings (SSSR count). The molecular formula is C12H13NO3. The van der Waals surface area contributed by atoms with Crippen LogP contribution < -0.4 is 5.32 Å². The van der Waals surface area contributed by atoms with E-state index in [1.54, 1.807) is 19.1 Å². The van der Waals surface area contributed by atoms with E-state index in [-0.39, 0.29) is 11.9 Å². The van der Waals surface area contributed by atoms with Gasteiger partial charge in [-0.2, -0.15) is 0 Å². The number of carbonyl (C=O) groups is 2. The van der Waals surface area contributed by atoms with Crippen LogP contribution in [0.2, 0.25) is 0 Å². The molecule has 0 atom stereocenters. The molecule has 4 heteroatoms. The van der Waals surface area contributed by atoms with Crippen LogP contribution in [0.15, 0.2) is 18.2 Å². The van der Waals surface area contributed by atoms with E-state index in [1.807, 2.05) is 6.07 Å². The quantitative estimate of drug-likeness (QED) is 0.759. The Bertz CT molecular complexity index is 440. The zero-order valence-electron chi connectivity index (χ0n) is 9.08. The van der Waals surface area contributed by atoms with Crippen LogP contribution in [0, 0.1) is 0 Å². The Morgan fingerprint density at radius 1 is 1.50 bits per heavy atom. The highest BCUT2D eigenvalue weighted by Crippen LogP contribution is 2.16. The standard InChI is InChI=1S/C12H13NO3/c1-2-16-12(15)9-4-3-8-5-6-13-11(14)10(8)7-9/h3-4,7H,2,5-6H2,1H3,(H,13,14). The summed E-state index contributed by atoms with van der Waals surface area (Å²) < 4.78 is 4.88. The number of hydrogen-bond acceptors (Lipinski definition) is 3. The summed E-state index contributed by atoms with van der Waals surface area (Å²) in [4.78, 5) is 23.0. The number of ether oxygens (including phenoxy) is 1. The van der Waals surface area contributed by atoms with Crippen LogP contribution in [0.4, 0.5) is 0 Å². The predicted octanol–water partition coefficient (Wildman–Crippen LogP) is 1.15. The van der Waals surface area contributed by atoms with Crippen LogP contribution in [-0.2, 0) is 11.2 Å². The Morgan fingerprint density at radius 2 is 2.31 bits per heavy atom. The van der Waals surface area contributed by atoms with Crippen molar-refractivity contribution in [1.29, 1.82) is 0 Å². The third-order valence-corrected chi connectivity index (χ3v) is 2.55. The molecule has 0 aliphatic carbocycles. The number of carbonyl (C=O) groups excluding carboxylic acids is 2. The van der Waals surface area contributed by atoms with E-state index < -0.39 is 0 Å². The summed E-state index contributed by atoms with van der Waals surface area (Å²) in [5, 5.41) is 2.75. The SMILES string of the molecule is CCOC(=O)c1ccc2c(c1)C(=O)NCC2. The molecule has 1 aliphatic heterocycles. The molecule has 1 aromatic rings. The fourth-order valence-corrected chi connectivity index (χ4v) is 1.75. The maximum atomic E-state index is 11.6. The molecule has 0 radical (unpaired) electrons. The number of benzene rings is 1. The summed E-state index contributed by atoms with van der Waals surface area (Å²) in [5.74, 6) is -0.504. The van der Waals surface area contributed by atoms with Gasteiger partial charge < -0.3 is 10.1 Å². The molecule has 1 aliphatic rings. The van der Waals surface area contributed by atoms with E-state index in [4.69, 9.17) is 4.74 Å². The highest BCUT2D eigenvalue weighted by atomic mass is 16.5. The van der Waals surface area contributed by atoms with Gasteiger partial charge in [-0.25, -0.2) is 4.79 Å². The predicted molar refractivity (Wildman–Crippen MR) is 58.4 cm³/mol. The van der Waals surface area contributed by atoms with Crippen molar-refractivity contribution < 1.29 is 14.3 Å². The summed E-state index contributed by atoms with van der Waals surface area (Å²) in [6.07, 6.45) is 0.810. The van der Waals surface area contributed by atoms with E-state index in [0.717, 1.165) is 12.0 Å². The monoisotopic (exact) mass is 219 g/mol. The minimum Gasteiger partial charge on any atom is -0.462 e. The van der Waals surface area contributed by atoms with E-state index in [9.17, 15) is 9.59 Å². The van der Waals surface area contributed by atoms with Gasteiger partial charge in [-0.05, 0) is 31.0 Å². The van der Waals surface area contributed by atoms with E-state index in [0.29, 0.717) is 24.3 Å². The normalized spacial score (nSPS) is 13.9. The van der Waals surface area contributed by atoms with Crippen molar-refractivity contribution in [1.82, 2.24) is 5.32 Å². The first-order valence-electron chi connectivity index (χ1n) is 5.30. The molecule has 1 amide bonds. The van der Waals surface area contributed by atoms with Crippen LogP contribution in [0.25, 0.3) is 0 Å². The molecular weight excluding hydrogens is 206 g/mol. The number of nitrogens with one attached hydrogen (secondary N) is 1. The lowest BCUT2D eigenvalue weighted by molar-refractivity contribution is 0.0526. The van der Waals surface area contributed by atoms with Crippen molar-refractivity contribution in [2.45, 2.75) is 13.3 Å². The zero-order chi connectivity index (χ0) is 11.5. The summed E-state index contributed by atoms with van der Waals surface area (Å²) in [5.41, 5.74) is 1.99. The van der Waals surface area contributed by atoms with Crippen molar-refractivity contribution in [2.75, 3.05) is 13.2 Å². The second kappa shape index (κ2) is 4.35. The van der Waals surface area contributed by atoms with Crippen molar-refractivity contribution >= 4 is 11.9 Å². The van der Waals surface area contributed by atoms with Crippen LogP contribution in [-0.4, -0.2) is 25.0 Å². The first kappa shape index (κ1) is 10.7. The molecule has 0 unspecified atom stereocenters. The van der Waals surface area contributed by atoms with Crippen LogP contribution in [0.5, 0.6) is 0 Å². The highest BCUT2D eigenvalue weighted by Gasteiger charge is 2.18. The van der Waals surface area contributed by atoms with Crippen LogP contribution in [0.3, 0.4) is 0 Å². The lowest BCUT2D eigenvalue weighted by Gasteiger charge is -2.16. The third kappa shape index (κ3) is 1.91. The molecule has 1 heterocycles. The fraction of sp³-hybridized carbons (Fsp3) is 0.333.